The van der Waals surface area contributed by atoms with Crippen LogP contribution in [0.25, 0.3) is 5.57 Å². The number of hydrazone groups is 1. The Kier molecular flexibility index (Phi) is 5.70. The van der Waals surface area contributed by atoms with Gasteiger partial charge >= 0.3 is 0 Å². The molecule has 0 bridgehead atoms. The second kappa shape index (κ2) is 8.58. The van der Waals surface area contributed by atoms with E-state index in [0.717, 1.165) is 29.8 Å². The van der Waals surface area contributed by atoms with Gasteiger partial charge in [-0.15, -0.1) is 5.10 Å². The molecule has 3 heterocycles. The number of aliphatic imine (C=N–C) groups is 1. The highest BCUT2D eigenvalue weighted by atomic mass is 16.5. The van der Waals surface area contributed by atoms with Gasteiger partial charge in [-0.1, -0.05) is 5.21 Å². The van der Waals surface area contributed by atoms with Crippen LogP contribution in [0.1, 0.15) is 45.3 Å². The molecule has 2 aliphatic rings. The minimum atomic E-state index is 0.215. The first kappa shape index (κ1) is 20.6. The number of hydrogen-bond acceptors (Lipinski definition) is 8. The van der Waals surface area contributed by atoms with Crippen LogP contribution in [0.4, 0.5) is 5.69 Å². The first-order chi connectivity index (χ1) is 15.0. The molecule has 1 aliphatic heterocycles. The standard InChI is InChI=1S/C21H27N9O/c1-13(2)29-12-17(27-28-29)14(3)20-26-18(11-19(22-4)30(20)23-5)25-16-7-6-10-24-21(16)31-15-8-9-15/h6-7,10-13,15,25-26H,5,8-9H2,1-4H3/b20-14+,22-19?. The van der Waals surface area contributed by atoms with Crippen molar-refractivity contribution in [2.45, 2.75) is 45.8 Å². The van der Waals surface area contributed by atoms with Crippen LogP contribution in [0.2, 0.25) is 0 Å². The smallest absolute Gasteiger partial charge is 0.238 e. The maximum Gasteiger partial charge on any atom is 0.238 e. The van der Waals surface area contributed by atoms with Gasteiger partial charge in [0.2, 0.25) is 5.88 Å². The number of aromatic nitrogens is 4. The summed E-state index contributed by atoms with van der Waals surface area (Å²) in [6, 6.07) is 4.01. The van der Waals surface area contributed by atoms with Gasteiger partial charge in [0, 0.05) is 37.7 Å². The molecule has 0 radical (unpaired) electrons. The summed E-state index contributed by atoms with van der Waals surface area (Å²) < 4.78 is 7.75. The number of nitrogens with one attached hydrogen (secondary N) is 2. The van der Waals surface area contributed by atoms with Gasteiger partial charge in [0.15, 0.2) is 5.84 Å². The minimum absolute atomic E-state index is 0.215. The molecule has 2 N–H and O–H groups in total. The molecule has 1 saturated carbocycles. The molecular weight excluding hydrogens is 394 g/mol. The molecule has 162 valence electrons. The zero-order valence-electron chi connectivity index (χ0n) is 18.2. The van der Waals surface area contributed by atoms with Crippen LogP contribution in [-0.4, -0.2) is 50.7 Å². The van der Waals surface area contributed by atoms with E-state index < -0.39 is 0 Å². The van der Waals surface area contributed by atoms with Crippen LogP contribution in [0.15, 0.2) is 52.3 Å². The quantitative estimate of drug-likeness (QED) is 0.662. The summed E-state index contributed by atoms with van der Waals surface area (Å²) in [7, 11) is 1.71. The summed E-state index contributed by atoms with van der Waals surface area (Å²) in [5.74, 6) is 2.59. The van der Waals surface area contributed by atoms with Crippen LogP contribution in [0.5, 0.6) is 5.88 Å². The van der Waals surface area contributed by atoms with Crippen molar-refractivity contribution in [3.05, 3.63) is 47.9 Å². The van der Waals surface area contributed by atoms with Crippen LogP contribution in [0, 0.1) is 0 Å². The number of allylic oxidation sites excluding steroid dienone is 1. The van der Waals surface area contributed by atoms with Crippen LogP contribution in [-0.2, 0) is 0 Å². The van der Waals surface area contributed by atoms with Crippen LogP contribution >= 0.6 is 0 Å². The van der Waals surface area contributed by atoms with E-state index in [0.29, 0.717) is 23.4 Å². The van der Waals surface area contributed by atoms with Crippen molar-refractivity contribution in [2.75, 3.05) is 12.4 Å². The first-order valence-electron chi connectivity index (χ1n) is 10.2. The molecule has 31 heavy (non-hydrogen) atoms. The molecule has 0 unspecified atom stereocenters. The van der Waals surface area contributed by atoms with Crippen molar-refractivity contribution in [3.8, 4) is 5.88 Å². The van der Waals surface area contributed by atoms with Crippen molar-refractivity contribution in [3.63, 3.8) is 0 Å². The zero-order valence-corrected chi connectivity index (χ0v) is 18.2. The Morgan fingerprint density at radius 3 is 2.84 bits per heavy atom. The van der Waals surface area contributed by atoms with Gasteiger partial charge in [-0.3, -0.25) is 4.99 Å². The zero-order chi connectivity index (χ0) is 22.0. The van der Waals surface area contributed by atoms with Crippen molar-refractivity contribution in [1.29, 1.82) is 0 Å². The predicted molar refractivity (Wildman–Crippen MR) is 120 cm³/mol. The highest BCUT2D eigenvalue weighted by Gasteiger charge is 2.27. The lowest BCUT2D eigenvalue weighted by Gasteiger charge is -2.30. The molecule has 1 aliphatic carbocycles. The Labute approximate surface area is 181 Å². The summed E-state index contributed by atoms with van der Waals surface area (Å²) >= 11 is 0. The molecule has 2 aromatic rings. The van der Waals surface area contributed by atoms with Crippen molar-refractivity contribution >= 4 is 23.8 Å². The monoisotopic (exact) mass is 421 g/mol. The third-order valence-corrected chi connectivity index (χ3v) is 4.95. The first-order valence-corrected chi connectivity index (χ1v) is 10.2. The van der Waals surface area contributed by atoms with Gasteiger partial charge in [-0.05, 0) is 45.7 Å². The number of hydrogen-bond donors (Lipinski definition) is 2. The Hall–Kier alpha value is -3.69. The fourth-order valence-electron chi connectivity index (χ4n) is 3.03. The third kappa shape index (κ3) is 4.42. The largest absolute Gasteiger partial charge is 0.473 e. The van der Waals surface area contributed by atoms with Crippen LogP contribution < -0.4 is 15.4 Å². The molecule has 0 amide bonds. The molecular formula is C21H27N9O. The fraction of sp³-hybridized carbons (Fsp3) is 0.381. The Morgan fingerprint density at radius 2 is 2.19 bits per heavy atom. The van der Waals surface area contributed by atoms with E-state index in [2.05, 4.69) is 56.6 Å². The highest BCUT2D eigenvalue weighted by Crippen LogP contribution is 2.31. The summed E-state index contributed by atoms with van der Waals surface area (Å²) in [5.41, 5.74) is 2.36. The van der Waals surface area contributed by atoms with Gasteiger partial charge in [0.1, 0.15) is 29.1 Å². The van der Waals surface area contributed by atoms with E-state index in [4.69, 9.17) is 4.74 Å². The van der Waals surface area contributed by atoms with E-state index in [-0.39, 0.29) is 12.1 Å². The lowest BCUT2D eigenvalue weighted by atomic mass is 10.2. The number of pyridine rings is 1. The van der Waals surface area contributed by atoms with E-state index in [1.54, 1.807) is 18.3 Å². The number of rotatable bonds is 7. The van der Waals surface area contributed by atoms with Gasteiger partial charge in [-0.25, -0.2) is 9.67 Å². The molecule has 0 atom stereocenters. The second-order valence-electron chi connectivity index (χ2n) is 7.67. The van der Waals surface area contributed by atoms with Gasteiger partial charge in [-0.2, -0.15) is 10.1 Å². The lowest BCUT2D eigenvalue weighted by molar-refractivity contribution is 0.292. The average Bonchev–Trinajstić information content (AvgIpc) is 3.44. The second-order valence-corrected chi connectivity index (χ2v) is 7.67. The number of amidine groups is 1. The lowest BCUT2D eigenvalue weighted by Crippen LogP contribution is -2.39. The molecule has 10 nitrogen and oxygen atoms in total. The number of anilines is 1. The van der Waals surface area contributed by atoms with E-state index >= 15 is 0 Å². The summed E-state index contributed by atoms with van der Waals surface area (Å²) in [6.07, 6.45) is 7.86. The SMILES string of the molecule is C=NN1C(=NC)C=C(Nc2cccnc2OC2CC2)N/C1=C(/C)c1cn(C(C)C)nn1. The number of ether oxygens (including phenoxy) is 1. The molecule has 4 rings (SSSR count). The predicted octanol–water partition coefficient (Wildman–Crippen LogP) is 2.99. The molecule has 2 aromatic heterocycles. The van der Waals surface area contributed by atoms with Crippen molar-refractivity contribution in [1.82, 2.24) is 30.3 Å². The Bertz CT molecular complexity index is 1060. The van der Waals surface area contributed by atoms with Gasteiger partial charge in [0.05, 0.1) is 6.20 Å². The molecule has 0 aromatic carbocycles. The topological polar surface area (TPSA) is 105 Å². The average molecular weight is 422 g/mol. The molecule has 10 heteroatoms. The molecule has 0 saturated heterocycles. The normalized spacial score (nSPS) is 19.2. The Morgan fingerprint density at radius 1 is 1.39 bits per heavy atom. The summed E-state index contributed by atoms with van der Waals surface area (Å²) in [4.78, 5) is 8.74. The summed E-state index contributed by atoms with van der Waals surface area (Å²) in [5, 5.41) is 21.1. The number of nitrogens with zero attached hydrogens (tertiary/aromatic N) is 7. The minimum Gasteiger partial charge on any atom is -0.473 e. The van der Waals surface area contributed by atoms with Gasteiger partial charge < -0.3 is 15.4 Å². The van der Waals surface area contributed by atoms with E-state index in [1.165, 1.54) is 0 Å². The van der Waals surface area contributed by atoms with E-state index in [1.807, 2.05) is 36.0 Å². The Balaban J connectivity index is 1.67. The fourth-order valence-corrected chi connectivity index (χ4v) is 3.03. The third-order valence-electron chi connectivity index (χ3n) is 4.95. The van der Waals surface area contributed by atoms with Crippen LogP contribution in [0.3, 0.4) is 0 Å². The molecule has 1 fully saturated rings. The summed E-state index contributed by atoms with van der Waals surface area (Å²) in [6.45, 7) is 9.77. The van der Waals surface area contributed by atoms with Crippen molar-refractivity contribution < 1.29 is 4.74 Å². The molecule has 0 spiro atoms. The van der Waals surface area contributed by atoms with Gasteiger partial charge in [0.25, 0.3) is 0 Å². The maximum absolute atomic E-state index is 5.93. The van der Waals surface area contributed by atoms with Crippen molar-refractivity contribution in [2.24, 2.45) is 10.1 Å². The van der Waals surface area contributed by atoms with E-state index in [9.17, 15) is 0 Å². The maximum atomic E-state index is 5.93. The highest BCUT2D eigenvalue weighted by molar-refractivity contribution is 5.97.